The lowest BCUT2D eigenvalue weighted by molar-refractivity contribution is -0.139. The zero-order chi connectivity index (χ0) is 25.2. The summed E-state index contributed by atoms with van der Waals surface area (Å²) >= 11 is 1.60. The van der Waals surface area contributed by atoms with Gasteiger partial charge in [-0.2, -0.15) is 0 Å². The van der Waals surface area contributed by atoms with Crippen molar-refractivity contribution in [1.82, 2.24) is 9.80 Å². The van der Waals surface area contributed by atoms with E-state index in [2.05, 4.69) is 0 Å². The van der Waals surface area contributed by atoms with Crippen molar-refractivity contribution in [3.63, 3.8) is 0 Å². The molecule has 1 aliphatic rings. The third kappa shape index (κ3) is 7.19. The summed E-state index contributed by atoms with van der Waals surface area (Å²) in [5.41, 5.74) is 1.86. The van der Waals surface area contributed by atoms with Crippen LogP contribution in [0.15, 0.2) is 72.1 Å². The first-order valence-electron chi connectivity index (χ1n) is 11.8. The highest BCUT2D eigenvalue weighted by molar-refractivity contribution is 7.09. The molecule has 0 atom stereocenters. The molecule has 1 aromatic heterocycles. The maximum absolute atomic E-state index is 13.6. The predicted molar refractivity (Wildman–Crippen MR) is 140 cm³/mol. The number of rotatable bonds is 12. The molecule has 7 nitrogen and oxygen atoms in total. The second-order valence-electron chi connectivity index (χ2n) is 8.37. The van der Waals surface area contributed by atoms with E-state index in [4.69, 9.17) is 14.2 Å². The Balaban J connectivity index is 1.49. The summed E-state index contributed by atoms with van der Waals surface area (Å²) in [5.74, 6) is 1.05. The van der Waals surface area contributed by atoms with Gasteiger partial charge in [-0.1, -0.05) is 42.5 Å². The minimum Gasteiger partial charge on any atom is -0.454 e. The van der Waals surface area contributed by atoms with Crippen LogP contribution in [0.4, 0.5) is 0 Å². The van der Waals surface area contributed by atoms with Gasteiger partial charge in [-0.15, -0.1) is 11.3 Å². The number of hydrogen-bond donors (Lipinski definition) is 0. The first-order chi connectivity index (χ1) is 17.6. The smallest absolute Gasteiger partial charge is 0.247 e. The Morgan fingerprint density at radius 2 is 1.83 bits per heavy atom. The quantitative estimate of drug-likeness (QED) is 0.266. The van der Waals surface area contributed by atoms with Gasteiger partial charge in [0.2, 0.25) is 18.6 Å². The Kier molecular flexibility index (Phi) is 9.13. The number of methoxy groups -OCH3 is 1. The van der Waals surface area contributed by atoms with Gasteiger partial charge in [-0.3, -0.25) is 9.59 Å². The third-order valence-electron chi connectivity index (χ3n) is 5.72. The standard InChI is InChI=1S/C28H30N2O5S/c1-33-15-6-14-29(27(31)13-11-22-7-3-2-4-8-22)20-28(32)30(19-24-9-5-16-36-24)18-23-10-12-25-26(17-23)35-21-34-25/h2-5,7-13,16-17H,6,14-15,18-21H2,1H3. The fourth-order valence-corrected chi connectivity index (χ4v) is 4.57. The third-order valence-corrected chi connectivity index (χ3v) is 6.58. The van der Waals surface area contributed by atoms with E-state index in [0.29, 0.717) is 44.2 Å². The van der Waals surface area contributed by atoms with Crippen LogP contribution in [0.5, 0.6) is 11.5 Å². The molecular weight excluding hydrogens is 476 g/mol. The summed E-state index contributed by atoms with van der Waals surface area (Å²) in [4.78, 5) is 31.1. The van der Waals surface area contributed by atoms with Gasteiger partial charge in [-0.05, 0) is 47.2 Å². The van der Waals surface area contributed by atoms with Crippen molar-refractivity contribution in [3.8, 4) is 11.5 Å². The lowest BCUT2D eigenvalue weighted by Crippen LogP contribution is -2.42. The van der Waals surface area contributed by atoms with Gasteiger partial charge >= 0.3 is 0 Å². The molecule has 0 saturated carbocycles. The summed E-state index contributed by atoms with van der Waals surface area (Å²) in [6.07, 6.45) is 3.94. The molecule has 0 saturated heterocycles. The molecule has 8 heteroatoms. The molecule has 0 N–H and O–H groups in total. The molecule has 2 aromatic carbocycles. The van der Waals surface area contributed by atoms with Crippen LogP contribution in [-0.2, 0) is 27.4 Å². The van der Waals surface area contributed by atoms with E-state index in [1.165, 1.54) is 6.08 Å². The second kappa shape index (κ2) is 12.9. The number of carbonyl (C=O) groups is 2. The first kappa shape index (κ1) is 25.5. The van der Waals surface area contributed by atoms with Gasteiger partial charge < -0.3 is 24.0 Å². The van der Waals surface area contributed by atoms with Crippen LogP contribution in [-0.4, -0.2) is 55.2 Å². The highest BCUT2D eigenvalue weighted by Gasteiger charge is 2.22. The molecule has 4 rings (SSSR count). The number of amides is 2. The largest absolute Gasteiger partial charge is 0.454 e. The van der Waals surface area contributed by atoms with Gasteiger partial charge in [0.1, 0.15) is 6.54 Å². The normalized spacial score (nSPS) is 12.1. The van der Waals surface area contributed by atoms with Gasteiger partial charge in [0.05, 0.1) is 6.54 Å². The number of nitrogens with zero attached hydrogens (tertiary/aromatic N) is 2. The SMILES string of the molecule is COCCCN(CC(=O)N(Cc1ccc2c(c1)OCO2)Cc1cccs1)C(=O)C=Cc1ccccc1. The minimum absolute atomic E-state index is 0.0163. The van der Waals surface area contributed by atoms with Crippen LogP contribution in [0.2, 0.25) is 0 Å². The van der Waals surface area contributed by atoms with Crippen molar-refractivity contribution in [2.45, 2.75) is 19.5 Å². The lowest BCUT2D eigenvalue weighted by Gasteiger charge is -2.27. The van der Waals surface area contributed by atoms with Crippen molar-refractivity contribution in [3.05, 3.63) is 88.1 Å². The predicted octanol–water partition coefficient (Wildman–Crippen LogP) is 4.58. The number of hydrogen-bond acceptors (Lipinski definition) is 6. The molecule has 188 valence electrons. The lowest BCUT2D eigenvalue weighted by atomic mass is 10.1. The molecule has 0 fully saturated rings. The Bertz CT molecular complexity index is 1160. The number of thiophene rings is 1. The van der Waals surface area contributed by atoms with Crippen molar-refractivity contribution in [2.75, 3.05) is 33.6 Å². The first-order valence-corrected chi connectivity index (χ1v) is 12.7. The van der Waals surface area contributed by atoms with Crippen molar-refractivity contribution in [2.24, 2.45) is 0 Å². The molecule has 3 aromatic rings. The van der Waals surface area contributed by atoms with Crippen molar-refractivity contribution < 1.29 is 23.8 Å². The highest BCUT2D eigenvalue weighted by atomic mass is 32.1. The van der Waals surface area contributed by atoms with E-state index < -0.39 is 0 Å². The van der Waals surface area contributed by atoms with Gasteiger partial charge in [-0.25, -0.2) is 0 Å². The molecule has 1 aliphatic heterocycles. The maximum Gasteiger partial charge on any atom is 0.247 e. The average molecular weight is 507 g/mol. The molecule has 0 unspecified atom stereocenters. The number of ether oxygens (including phenoxy) is 3. The molecule has 0 bridgehead atoms. The fraction of sp³-hybridized carbons (Fsp3) is 0.286. The number of fused-ring (bicyclic) bond motifs is 1. The summed E-state index contributed by atoms with van der Waals surface area (Å²) in [7, 11) is 1.63. The maximum atomic E-state index is 13.6. The monoisotopic (exact) mass is 506 g/mol. The molecule has 0 spiro atoms. The fourth-order valence-electron chi connectivity index (χ4n) is 3.85. The Labute approximate surface area is 215 Å². The van der Waals surface area contributed by atoms with Crippen LogP contribution >= 0.6 is 11.3 Å². The topological polar surface area (TPSA) is 68.3 Å². The van der Waals surface area contributed by atoms with Crippen molar-refractivity contribution >= 4 is 29.2 Å². The van der Waals surface area contributed by atoms with E-state index in [-0.39, 0.29) is 25.2 Å². The summed E-state index contributed by atoms with van der Waals surface area (Å²) in [5, 5.41) is 1.99. The Morgan fingerprint density at radius 1 is 1.00 bits per heavy atom. The van der Waals surface area contributed by atoms with Gasteiger partial charge in [0.15, 0.2) is 11.5 Å². The molecule has 0 radical (unpaired) electrons. The summed E-state index contributed by atoms with van der Waals surface area (Å²) < 4.78 is 16.1. The molecular formula is C28H30N2O5S. The van der Waals surface area contributed by atoms with E-state index in [1.54, 1.807) is 34.3 Å². The second-order valence-corrected chi connectivity index (χ2v) is 9.40. The molecule has 2 heterocycles. The number of benzene rings is 2. The minimum atomic E-state index is -0.206. The van der Waals surface area contributed by atoms with E-state index >= 15 is 0 Å². The zero-order valence-corrected chi connectivity index (χ0v) is 21.1. The Morgan fingerprint density at radius 3 is 2.61 bits per heavy atom. The zero-order valence-electron chi connectivity index (χ0n) is 20.3. The van der Waals surface area contributed by atoms with E-state index in [1.807, 2.05) is 66.0 Å². The molecule has 36 heavy (non-hydrogen) atoms. The van der Waals surface area contributed by atoms with Crippen LogP contribution in [0.1, 0.15) is 22.4 Å². The average Bonchev–Trinajstić information content (AvgIpc) is 3.59. The van der Waals surface area contributed by atoms with Crippen molar-refractivity contribution in [1.29, 1.82) is 0 Å². The van der Waals surface area contributed by atoms with Gasteiger partial charge in [0, 0.05) is 37.8 Å². The van der Waals surface area contributed by atoms with E-state index in [9.17, 15) is 9.59 Å². The molecule has 0 aliphatic carbocycles. The van der Waals surface area contributed by atoms with Crippen LogP contribution in [0, 0.1) is 0 Å². The van der Waals surface area contributed by atoms with Crippen LogP contribution < -0.4 is 9.47 Å². The highest BCUT2D eigenvalue weighted by Crippen LogP contribution is 2.33. The van der Waals surface area contributed by atoms with Crippen LogP contribution in [0.3, 0.4) is 0 Å². The van der Waals surface area contributed by atoms with Gasteiger partial charge in [0.25, 0.3) is 0 Å². The Hall–Kier alpha value is -3.62. The molecule has 2 amide bonds. The number of carbonyl (C=O) groups excluding carboxylic acids is 2. The van der Waals surface area contributed by atoms with Crippen LogP contribution in [0.25, 0.3) is 6.08 Å². The van der Waals surface area contributed by atoms with E-state index in [0.717, 1.165) is 16.0 Å². The summed E-state index contributed by atoms with van der Waals surface area (Å²) in [6.45, 7) is 1.98. The summed E-state index contributed by atoms with van der Waals surface area (Å²) in [6, 6.07) is 19.3.